The first-order valence-electron chi connectivity index (χ1n) is 5.57. The van der Waals surface area contributed by atoms with Gasteiger partial charge in [-0.3, -0.25) is 4.57 Å². The van der Waals surface area contributed by atoms with Gasteiger partial charge in [0.25, 0.3) is 0 Å². The van der Waals surface area contributed by atoms with E-state index < -0.39 is 0 Å². The van der Waals surface area contributed by atoms with E-state index in [1.54, 1.807) is 0 Å². The molecule has 92 valence electrons. The van der Waals surface area contributed by atoms with Crippen molar-refractivity contribution in [3.63, 3.8) is 0 Å². The number of H-pyrrole nitrogens is 1. The molecular weight excluding hydrogens is 222 g/mol. The van der Waals surface area contributed by atoms with Gasteiger partial charge in [0.05, 0.1) is 0 Å². The average Bonchev–Trinajstić information content (AvgIpc) is 2.55. The first kappa shape index (κ1) is 13.2. The van der Waals surface area contributed by atoms with E-state index in [4.69, 9.17) is 12.2 Å². The van der Waals surface area contributed by atoms with E-state index >= 15 is 0 Å². The van der Waals surface area contributed by atoms with E-state index in [9.17, 15) is 0 Å². The molecule has 6 heteroatoms. The second-order valence-electron chi connectivity index (χ2n) is 4.12. The molecule has 0 unspecified atom stereocenters. The summed E-state index contributed by atoms with van der Waals surface area (Å²) >= 11 is 5.11. The van der Waals surface area contributed by atoms with Crippen LogP contribution in [0.4, 0.5) is 5.95 Å². The van der Waals surface area contributed by atoms with Crippen molar-refractivity contribution in [2.24, 2.45) is 7.05 Å². The summed E-state index contributed by atoms with van der Waals surface area (Å²) in [7, 11) is 6.12. The predicted octanol–water partition coefficient (Wildman–Crippen LogP) is 1.26. The smallest absolute Gasteiger partial charge is 0.225 e. The fourth-order valence-electron chi connectivity index (χ4n) is 1.60. The molecule has 1 N–H and O–H groups in total. The van der Waals surface area contributed by atoms with Crippen LogP contribution in [0.15, 0.2) is 0 Å². The van der Waals surface area contributed by atoms with E-state index in [1.165, 1.54) is 0 Å². The number of aromatic nitrogens is 3. The lowest BCUT2D eigenvalue weighted by atomic mass is 10.3. The van der Waals surface area contributed by atoms with Gasteiger partial charge < -0.3 is 9.80 Å². The number of hydrogen-bond donors (Lipinski definition) is 1. The lowest BCUT2D eigenvalue weighted by Crippen LogP contribution is -2.29. The Kier molecular flexibility index (Phi) is 4.95. The van der Waals surface area contributed by atoms with Crippen LogP contribution in [-0.2, 0) is 7.05 Å². The summed E-state index contributed by atoms with van der Waals surface area (Å²) in [5, 5.41) is 7.06. The summed E-state index contributed by atoms with van der Waals surface area (Å²) in [5.41, 5.74) is 0. The minimum atomic E-state index is 0.668. The minimum absolute atomic E-state index is 0.668. The highest BCUT2D eigenvalue weighted by Crippen LogP contribution is 2.09. The van der Waals surface area contributed by atoms with Crippen molar-refractivity contribution in [1.29, 1.82) is 0 Å². The lowest BCUT2D eigenvalue weighted by molar-refractivity contribution is 0.400. The van der Waals surface area contributed by atoms with Gasteiger partial charge in [0, 0.05) is 20.1 Å². The highest BCUT2D eigenvalue weighted by Gasteiger charge is 2.10. The fraction of sp³-hybridized carbons (Fsp3) is 0.800. The van der Waals surface area contributed by atoms with Gasteiger partial charge in [-0.05, 0) is 46.2 Å². The number of aromatic amines is 1. The second-order valence-corrected chi connectivity index (χ2v) is 4.51. The number of anilines is 1. The number of rotatable bonds is 6. The molecule has 0 spiro atoms. The van der Waals surface area contributed by atoms with Crippen LogP contribution >= 0.6 is 12.2 Å². The molecule has 1 aromatic rings. The van der Waals surface area contributed by atoms with Crippen LogP contribution in [-0.4, -0.2) is 53.4 Å². The molecule has 0 amide bonds. The highest BCUT2D eigenvalue weighted by molar-refractivity contribution is 7.71. The summed E-state index contributed by atoms with van der Waals surface area (Å²) in [4.78, 5) is 4.42. The molecule has 5 nitrogen and oxygen atoms in total. The quantitative estimate of drug-likeness (QED) is 0.764. The summed E-state index contributed by atoms with van der Waals surface area (Å²) < 4.78 is 2.58. The van der Waals surface area contributed by atoms with Crippen LogP contribution in [0.5, 0.6) is 0 Å². The Hall–Kier alpha value is -0.880. The standard InChI is InChI=1S/C10H21N5S/c1-5-15(8-6-7-13(2)3)9-11-12-10(16)14(9)4/h5-8H2,1-4H3,(H,12,16). The molecule has 16 heavy (non-hydrogen) atoms. The Morgan fingerprint density at radius 1 is 1.38 bits per heavy atom. The maximum atomic E-state index is 5.11. The maximum absolute atomic E-state index is 5.11. The third-order valence-electron chi connectivity index (χ3n) is 2.55. The van der Waals surface area contributed by atoms with Gasteiger partial charge in [0.15, 0.2) is 4.77 Å². The molecule has 0 aliphatic rings. The Balaban J connectivity index is 2.61. The van der Waals surface area contributed by atoms with Gasteiger partial charge in [0.2, 0.25) is 5.95 Å². The molecule has 0 atom stereocenters. The molecular formula is C10H21N5S. The molecule has 0 bridgehead atoms. The predicted molar refractivity (Wildman–Crippen MR) is 69.5 cm³/mol. The van der Waals surface area contributed by atoms with Crippen molar-refractivity contribution in [2.75, 3.05) is 38.6 Å². The highest BCUT2D eigenvalue weighted by atomic mass is 32.1. The zero-order valence-corrected chi connectivity index (χ0v) is 11.3. The molecule has 1 aromatic heterocycles. The first-order chi connectivity index (χ1) is 7.56. The lowest BCUT2D eigenvalue weighted by Gasteiger charge is -2.22. The molecule has 0 radical (unpaired) electrons. The van der Waals surface area contributed by atoms with Crippen molar-refractivity contribution in [3.05, 3.63) is 4.77 Å². The minimum Gasteiger partial charge on any atom is -0.341 e. The Bertz CT molecular complexity index is 368. The second kappa shape index (κ2) is 6.00. The summed E-state index contributed by atoms with van der Waals surface area (Å²) in [5.74, 6) is 0.922. The monoisotopic (exact) mass is 243 g/mol. The Labute approximate surface area is 102 Å². The molecule has 1 heterocycles. The third-order valence-corrected chi connectivity index (χ3v) is 2.92. The van der Waals surface area contributed by atoms with Crippen molar-refractivity contribution < 1.29 is 0 Å². The average molecular weight is 243 g/mol. The maximum Gasteiger partial charge on any atom is 0.225 e. The van der Waals surface area contributed by atoms with Crippen LogP contribution in [0.2, 0.25) is 0 Å². The molecule has 0 aromatic carbocycles. The zero-order chi connectivity index (χ0) is 12.1. The van der Waals surface area contributed by atoms with Crippen LogP contribution in [0.3, 0.4) is 0 Å². The third kappa shape index (κ3) is 3.31. The number of nitrogens with one attached hydrogen (secondary N) is 1. The molecule has 1 rings (SSSR count). The number of hydrogen-bond acceptors (Lipinski definition) is 4. The van der Waals surface area contributed by atoms with Crippen molar-refractivity contribution in [2.45, 2.75) is 13.3 Å². The van der Waals surface area contributed by atoms with Crippen molar-refractivity contribution in [1.82, 2.24) is 19.7 Å². The molecule has 0 fully saturated rings. The first-order valence-corrected chi connectivity index (χ1v) is 5.98. The van der Waals surface area contributed by atoms with Crippen LogP contribution in [0.1, 0.15) is 13.3 Å². The molecule has 0 saturated carbocycles. The largest absolute Gasteiger partial charge is 0.341 e. The summed E-state index contributed by atoms with van der Waals surface area (Å²) in [6.45, 7) is 5.17. The van der Waals surface area contributed by atoms with E-state index in [0.717, 1.165) is 32.0 Å². The van der Waals surface area contributed by atoms with E-state index in [0.29, 0.717) is 4.77 Å². The van der Waals surface area contributed by atoms with Crippen LogP contribution < -0.4 is 4.90 Å². The topological polar surface area (TPSA) is 40.1 Å². The summed E-state index contributed by atoms with van der Waals surface area (Å²) in [6.07, 6.45) is 1.13. The van der Waals surface area contributed by atoms with Gasteiger partial charge in [-0.25, -0.2) is 5.10 Å². The van der Waals surface area contributed by atoms with Gasteiger partial charge in [0.1, 0.15) is 0 Å². The van der Waals surface area contributed by atoms with Gasteiger partial charge in [-0.2, -0.15) is 0 Å². The van der Waals surface area contributed by atoms with E-state index in [1.807, 2.05) is 11.6 Å². The van der Waals surface area contributed by atoms with Crippen molar-refractivity contribution in [3.8, 4) is 0 Å². The molecule has 0 saturated heterocycles. The zero-order valence-electron chi connectivity index (χ0n) is 10.5. The summed E-state index contributed by atoms with van der Waals surface area (Å²) in [6, 6.07) is 0. The Morgan fingerprint density at radius 2 is 2.06 bits per heavy atom. The van der Waals surface area contributed by atoms with Gasteiger partial charge in [-0.1, -0.05) is 0 Å². The molecule has 0 aliphatic carbocycles. The fourth-order valence-corrected chi connectivity index (χ4v) is 1.73. The van der Waals surface area contributed by atoms with Crippen molar-refractivity contribution >= 4 is 18.2 Å². The SMILES string of the molecule is CCN(CCCN(C)C)c1n[nH]c(=S)n1C. The van der Waals surface area contributed by atoms with E-state index in [2.05, 4.69) is 41.0 Å². The number of nitrogens with zero attached hydrogens (tertiary/aromatic N) is 4. The van der Waals surface area contributed by atoms with Gasteiger partial charge >= 0.3 is 0 Å². The Morgan fingerprint density at radius 3 is 2.50 bits per heavy atom. The van der Waals surface area contributed by atoms with Crippen LogP contribution in [0.25, 0.3) is 0 Å². The van der Waals surface area contributed by atoms with Gasteiger partial charge in [-0.15, -0.1) is 5.10 Å². The molecule has 0 aliphatic heterocycles. The van der Waals surface area contributed by atoms with Crippen LogP contribution in [0, 0.1) is 4.77 Å². The normalized spacial score (nSPS) is 11.1. The van der Waals surface area contributed by atoms with E-state index in [-0.39, 0.29) is 0 Å².